The van der Waals surface area contributed by atoms with Crippen LogP contribution in [0.1, 0.15) is 23.1 Å². The Kier molecular flexibility index (Phi) is 7.14. The summed E-state index contributed by atoms with van der Waals surface area (Å²) in [4.78, 5) is 4.40. The average Bonchev–Trinajstić information content (AvgIpc) is 3.06. The first-order valence-corrected chi connectivity index (χ1v) is 8.09. The minimum Gasteiger partial charge on any atom is -0.481 e. The number of fused-ring (bicyclic) bond motifs is 1. The summed E-state index contributed by atoms with van der Waals surface area (Å²) in [6.45, 7) is 0.675. The summed E-state index contributed by atoms with van der Waals surface area (Å²) in [6.07, 6.45) is 8.79. The lowest BCUT2D eigenvalue weighted by Crippen LogP contribution is -2.22. The number of nitrogens with two attached hydrogens (primary N) is 1. The molecule has 130 valence electrons. The zero-order valence-electron chi connectivity index (χ0n) is 14.0. The molecular weight excluding hydrogens is 425 g/mol. The molecule has 0 bridgehead atoms. The van der Waals surface area contributed by atoms with E-state index < -0.39 is 0 Å². The largest absolute Gasteiger partial charge is 0.481 e. The van der Waals surface area contributed by atoms with Crippen molar-refractivity contribution in [1.82, 2.24) is 0 Å². The Morgan fingerprint density at radius 3 is 2.84 bits per heavy atom. The molecule has 3 rings (SSSR count). The minimum atomic E-state index is 0. The molecule has 1 aliphatic carbocycles. The molecule has 0 amide bonds. The van der Waals surface area contributed by atoms with E-state index in [4.69, 9.17) is 16.9 Å². The molecule has 1 aliphatic rings. The number of ether oxygens (including phenoxy) is 1. The van der Waals surface area contributed by atoms with Gasteiger partial charge in [-0.2, -0.15) is 0 Å². The molecule has 0 saturated carbocycles. The molecule has 0 radical (unpaired) electrons. The van der Waals surface area contributed by atoms with E-state index >= 15 is 0 Å². The van der Waals surface area contributed by atoms with Gasteiger partial charge in [-0.1, -0.05) is 30.2 Å². The molecule has 2 aromatic carbocycles. The fourth-order valence-electron chi connectivity index (χ4n) is 2.90. The lowest BCUT2D eigenvalue weighted by Gasteiger charge is -2.10. The van der Waals surface area contributed by atoms with E-state index in [2.05, 4.69) is 34.4 Å². The van der Waals surface area contributed by atoms with Crippen LogP contribution in [-0.4, -0.2) is 12.6 Å². The van der Waals surface area contributed by atoms with Gasteiger partial charge < -0.3 is 15.8 Å². The third-order valence-corrected chi connectivity index (χ3v) is 4.07. The van der Waals surface area contributed by atoms with E-state index in [0.717, 1.165) is 23.4 Å². The molecule has 25 heavy (non-hydrogen) atoms. The van der Waals surface area contributed by atoms with Crippen LogP contribution in [0.15, 0.2) is 47.5 Å². The summed E-state index contributed by atoms with van der Waals surface area (Å²) >= 11 is 0. The topological polar surface area (TPSA) is 59.6 Å². The Morgan fingerprint density at radius 1 is 1.20 bits per heavy atom. The van der Waals surface area contributed by atoms with Crippen molar-refractivity contribution >= 4 is 35.6 Å². The van der Waals surface area contributed by atoms with Crippen LogP contribution in [0, 0.1) is 12.3 Å². The van der Waals surface area contributed by atoms with Crippen LogP contribution in [0.5, 0.6) is 5.75 Å². The molecular formula is C20H22IN3O. The molecule has 3 N–H and O–H groups in total. The van der Waals surface area contributed by atoms with Crippen LogP contribution in [0.4, 0.5) is 5.69 Å². The van der Waals surface area contributed by atoms with Crippen LogP contribution in [0.3, 0.4) is 0 Å². The molecule has 0 fully saturated rings. The van der Waals surface area contributed by atoms with Gasteiger partial charge in [0.25, 0.3) is 0 Å². The van der Waals surface area contributed by atoms with E-state index in [1.807, 2.05) is 24.3 Å². The number of nitrogens with zero attached hydrogens (tertiary/aromatic N) is 1. The first kappa shape index (κ1) is 19.1. The molecule has 0 aliphatic heterocycles. The van der Waals surface area contributed by atoms with E-state index in [1.165, 1.54) is 24.0 Å². The summed E-state index contributed by atoms with van der Waals surface area (Å²) in [5.74, 6) is 3.60. The molecule has 0 spiro atoms. The Hall–Kier alpha value is -2.20. The van der Waals surface area contributed by atoms with Gasteiger partial charge in [0, 0.05) is 11.3 Å². The molecule has 0 aromatic heterocycles. The van der Waals surface area contributed by atoms with Gasteiger partial charge in [0.1, 0.15) is 12.4 Å². The van der Waals surface area contributed by atoms with E-state index in [9.17, 15) is 0 Å². The van der Waals surface area contributed by atoms with Gasteiger partial charge in [0.2, 0.25) is 0 Å². The molecule has 0 unspecified atom stereocenters. The number of aliphatic imine (C=N–C) groups is 1. The van der Waals surface area contributed by atoms with Crippen LogP contribution in [0.25, 0.3) is 0 Å². The molecule has 0 saturated heterocycles. The van der Waals surface area contributed by atoms with Crippen molar-refractivity contribution < 1.29 is 4.74 Å². The molecule has 5 heteroatoms. The smallest absolute Gasteiger partial charge is 0.193 e. The van der Waals surface area contributed by atoms with E-state index in [-0.39, 0.29) is 30.6 Å². The summed E-state index contributed by atoms with van der Waals surface area (Å²) in [5.41, 5.74) is 10.8. The Balaban J connectivity index is 0.00000225. The van der Waals surface area contributed by atoms with Gasteiger partial charge in [0.15, 0.2) is 5.96 Å². The average molecular weight is 447 g/mol. The number of hydrogen-bond acceptors (Lipinski definition) is 2. The first-order valence-electron chi connectivity index (χ1n) is 8.09. The highest BCUT2D eigenvalue weighted by molar-refractivity contribution is 14.0. The van der Waals surface area contributed by atoms with Gasteiger partial charge in [-0.05, 0) is 48.6 Å². The number of para-hydroxylation sites is 1. The van der Waals surface area contributed by atoms with Crippen LogP contribution >= 0.6 is 24.0 Å². The number of benzene rings is 2. The second-order valence-electron chi connectivity index (χ2n) is 5.76. The maximum absolute atomic E-state index is 6.01. The highest BCUT2D eigenvalue weighted by Crippen LogP contribution is 2.25. The van der Waals surface area contributed by atoms with Crippen molar-refractivity contribution in [3.8, 4) is 18.1 Å². The normalized spacial score (nSPS) is 12.7. The zero-order valence-corrected chi connectivity index (χ0v) is 16.3. The number of halogens is 1. The SMILES string of the molecule is C#CCOc1ccccc1CN=C(N)Nc1ccc2c(c1)CCC2.I. The molecule has 0 atom stereocenters. The van der Waals surface area contributed by atoms with Gasteiger partial charge in [-0.15, -0.1) is 30.4 Å². The van der Waals surface area contributed by atoms with Gasteiger partial charge in [0.05, 0.1) is 6.54 Å². The van der Waals surface area contributed by atoms with Crippen molar-refractivity contribution in [3.63, 3.8) is 0 Å². The van der Waals surface area contributed by atoms with Crippen molar-refractivity contribution in [3.05, 3.63) is 59.2 Å². The van der Waals surface area contributed by atoms with Crippen molar-refractivity contribution in [1.29, 1.82) is 0 Å². The van der Waals surface area contributed by atoms with E-state index in [1.54, 1.807) is 0 Å². The lowest BCUT2D eigenvalue weighted by atomic mass is 10.1. The van der Waals surface area contributed by atoms with Gasteiger partial charge >= 0.3 is 0 Å². The Labute approximate surface area is 165 Å². The maximum Gasteiger partial charge on any atom is 0.193 e. The second-order valence-corrected chi connectivity index (χ2v) is 5.76. The summed E-state index contributed by atoms with van der Waals surface area (Å²) in [7, 11) is 0. The molecule has 4 nitrogen and oxygen atoms in total. The quantitative estimate of drug-likeness (QED) is 0.318. The summed E-state index contributed by atoms with van der Waals surface area (Å²) in [6, 6.07) is 14.1. The standard InChI is InChI=1S/C20H21N3O.HI/c1-2-12-24-19-9-4-3-6-17(19)14-22-20(21)23-18-11-10-15-7-5-8-16(15)13-18;/h1,3-4,6,9-11,13H,5,7-8,12,14H2,(H3,21,22,23);1H. The highest BCUT2D eigenvalue weighted by atomic mass is 127. The Morgan fingerprint density at radius 2 is 2.00 bits per heavy atom. The fourth-order valence-corrected chi connectivity index (χ4v) is 2.90. The first-order chi connectivity index (χ1) is 11.8. The monoisotopic (exact) mass is 447 g/mol. The summed E-state index contributed by atoms with van der Waals surface area (Å²) < 4.78 is 5.52. The van der Waals surface area contributed by atoms with Gasteiger partial charge in [-0.3, -0.25) is 0 Å². The second kappa shape index (κ2) is 9.33. The predicted molar refractivity (Wildman–Crippen MR) is 114 cm³/mol. The number of anilines is 1. The van der Waals surface area contributed by atoms with Crippen LogP contribution < -0.4 is 15.8 Å². The number of terminal acetylenes is 1. The van der Waals surface area contributed by atoms with Crippen molar-refractivity contribution in [2.45, 2.75) is 25.8 Å². The Bertz CT molecular complexity index is 796. The van der Waals surface area contributed by atoms with Gasteiger partial charge in [-0.25, -0.2) is 4.99 Å². The van der Waals surface area contributed by atoms with Crippen molar-refractivity contribution in [2.75, 3.05) is 11.9 Å². The summed E-state index contributed by atoms with van der Waals surface area (Å²) in [5, 5.41) is 3.16. The number of hydrogen-bond donors (Lipinski definition) is 2. The lowest BCUT2D eigenvalue weighted by molar-refractivity contribution is 0.366. The van der Waals surface area contributed by atoms with Crippen LogP contribution in [-0.2, 0) is 19.4 Å². The third kappa shape index (κ3) is 5.13. The maximum atomic E-state index is 6.01. The number of nitrogens with one attached hydrogen (secondary N) is 1. The number of guanidine groups is 1. The molecule has 0 heterocycles. The fraction of sp³-hybridized carbons (Fsp3) is 0.250. The minimum absolute atomic E-state index is 0. The highest BCUT2D eigenvalue weighted by Gasteiger charge is 2.11. The zero-order chi connectivity index (χ0) is 16.8. The van der Waals surface area contributed by atoms with Crippen LogP contribution in [0.2, 0.25) is 0 Å². The van der Waals surface area contributed by atoms with Crippen molar-refractivity contribution in [2.24, 2.45) is 10.7 Å². The predicted octanol–water partition coefficient (Wildman–Crippen LogP) is 3.73. The number of rotatable bonds is 5. The number of aryl methyl sites for hydroxylation is 2. The molecule has 2 aromatic rings. The van der Waals surface area contributed by atoms with E-state index in [0.29, 0.717) is 12.5 Å². The third-order valence-electron chi connectivity index (χ3n) is 4.07.